The van der Waals surface area contributed by atoms with E-state index in [2.05, 4.69) is 31.2 Å². The van der Waals surface area contributed by atoms with E-state index in [0.717, 1.165) is 36.4 Å². The molecular weight excluding hydrogens is 298 g/mol. The predicted molar refractivity (Wildman–Crippen MR) is 98.4 cm³/mol. The van der Waals surface area contributed by atoms with E-state index < -0.39 is 0 Å². The van der Waals surface area contributed by atoms with Gasteiger partial charge >= 0.3 is 0 Å². The van der Waals surface area contributed by atoms with Crippen molar-refractivity contribution in [1.29, 1.82) is 0 Å². The second-order valence-corrected chi connectivity index (χ2v) is 6.12. The van der Waals surface area contributed by atoms with E-state index in [0.29, 0.717) is 6.61 Å². The largest absolute Gasteiger partial charge is 0.493 e. The Morgan fingerprint density at radius 2 is 1.92 bits per heavy atom. The van der Waals surface area contributed by atoms with Crippen LogP contribution in [0.4, 0.5) is 0 Å². The molecule has 0 aliphatic carbocycles. The molecule has 0 spiro atoms. The van der Waals surface area contributed by atoms with Gasteiger partial charge in [0.15, 0.2) is 11.5 Å². The molecule has 3 nitrogen and oxygen atoms in total. The highest BCUT2D eigenvalue weighted by atomic mass is 16.5. The Balaban J connectivity index is 1.82. The Morgan fingerprint density at radius 1 is 1.08 bits per heavy atom. The number of ether oxygens (including phenoxy) is 2. The number of methoxy groups -OCH3 is 1. The Kier molecular flexibility index (Phi) is 5.52. The number of hydrogen-bond donors (Lipinski definition) is 0. The average molecular weight is 323 g/mol. The summed E-state index contributed by atoms with van der Waals surface area (Å²) in [4.78, 5) is 4.73. The summed E-state index contributed by atoms with van der Waals surface area (Å²) in [5.41, 5.74) is 4.92. The monoisotopic (exact) mass is 323 g/mol. The lowest BCUT2D eigenvalue weighted by Crippen LogP contribution is -2.14. The lowest BCUT2D eigenvalue weighted by molar-refractivity contribution is 0.284. The molecule has 2 aromatic carbocycles. The summed E-state index contributed by atoms with van der Waals surface area (Å²) in [6, 6.07) is 14.4. The van der Waals surface area contributed by atoms with Gasteiger partial charge in [-0.2, -0.15) is 0 Å². The lowest BCUT2D eigenvalue weighted by Gasteiger charge is -2.20. The van der Waals surface area contributed by atoms with Crippen molar-refractivity contribution in [2.75, 3.05) is 13.7 Å². The van der Waals surface area contributed by atoms with Gasteiger partial charge in [0, 0.05) is 17.8 Å². The summed E-state index contributed by atoms with van der Waals surface area (Å²) in [6.45, 7) is 3.63. The number of benzene rings is 2. The van der Waals surface area contributed by atoms with Crippen molar-refractivity contribution in [1.82, 2.24) is 0 Å². The number of fused-ring (bicyclic) bond motifs is 1. The normalized spacial score (nSPS) is 13.2. The third kappa shape index (κ3) is 3.78. The molecule has 0 saturated heterocycles. The van der Waals surface area contributed by atoms with Crippen molar-refractivity contribution in [2.45, 2.75) is 39.2 Å². The molecule has 0 amide bonds. The Labute approximate surface area is 144 Å². The average Bonchev–Trinajstić information content (AvgIpc) is 2.64. The van der Waals surface area contributed by atoms with E-state index in [4.69, 9.17) is 14.5 Å². The van der Waals surface area contributed by atoms with Crippen molar-refractivity contribution < 1.29 is 9.47 Å². The topological polar surface area (TPSA) is 30.8 Å². The van der Waals surface area contributed by atoms with Gasteiger partial charge < -0.3 is 9.47 Å². The van der Waals surface area contributed by atoms with Gasteiger partial charge in [-0.1, -0.05) is 43.7 Å². The fourth-order valence-electron chi connectivity index (χ4n) is 3.04. The summed E-state index contributed by atoms with van der Waals surface area (Å²) >= 11 is 0. The molecule has 0 saturated carbocycles. The van der Waals surface area contributed by atoms with E-state index in [1.54, 1.807) is 7.11 Å². The third-order valence-electron chi connectivity index (χ3n) is 4.39. The van der Waals surface area contributed by atoms with Gasteiger partial charge in [-0.3, -0.25) is 4.99 Å². The summed E-state index contributed by atoms with van der Waals surface area (Å²) in [7, 11) is 1.70. The molecule has 0 N–H and O–H groups in total. The van der Waals surface area contributed by atoms with E-state index in [9.17, 15) is 0 Å². The molecule has 126 valence electrons. The number of rotatable bonds is 7. The summed E-state index contributed by atoms with van der Waals surface area (Å²) < 4.78 is 11.6. The van der Waals surface area contributed by atoms with Gasteiger partial charge in [-0.15, -0.1) is 0 Å². The summed E-state index contributed by atoms with van der Waals surface area (Å²) in [5, 5.41) is 0. The molecule has 0 radical (unpaired) electrons. The number of aliphatic imine (C=N–C) groups is 1. The van der Waals surface area contributed by atoms with Crippen LogP contribution in [0.5, 0.6) is 11.5 Å². The molecule has 2 aromatic rings. The zero-order chi connectivity index (χ0) is 16.8. The second kappa shape index (κ2) is 8.00. The van der Waals surface area contributed by atoms with Crippen molar-refractivity contribution >= 4 is 5.71 Å². The van der Waals surface area contributed by atoms with Crippen LogP contribution in [0.2, 0.25) is 0 Å². The van der Waals surface area contributed by atoms with E-state index in [1.165, 1.54) is 29.7 Å². The van der Waals surface area contributed by atoms with Gasteiger partial charge in [0.05, 0.1) is 7.11 Å². The highest BCUT2D eigenvalue weighted by Gasteiger charge is 2.18. The molecule has 1 aliphatic heterocycles. The molecular formula is C21H25NO2. The summed E-state index contributed by atoms with van der Waals surface area (Å²) in [6.07, 6.45) is 4.37. The number of hydrogen-bond acceptors (Lipinski definition) is 3. The fraction of sp³-hybridized carbons (Fsp3) is 0.381. The second-order valence-electron chi connectivity index (χ2n) is 6.12. The van der Waals surface area contributed by atoms with Gasteiger partial charge in [0.1, 0.15) is 6.61 Å². The first-order chi connectivity index (χ1) is 11.8. The minimum atomic E-state index is 0.548. The van der Waals surface area contributed by atoms with Crippen LogP contribution >= 0.6 is 0 Å². The number of nitrogens with zero attached hydrogens (tertiary/aromatic N) is 1. The standard InChI is InChI=1S/C21H25NO2/c1-3-4-10-19-18-14-20(23-2)21(13-17(18)11-12-22-19)24-15-16-8-6-5-7-9-16/h5-9,13-14H,3-4,10-12,15H2,1-2H3. The third-order valence-corrected chi connectivity index (χ3v) is 4.39. The molecule has 0 aromatic heterocycles. The smallest absolute Gasteiger partial charge is 0.161 e. The molecule has 0 bridgehead atoms. The molecule has 3 heteroatoms. The first-order valence-corrected chi connectivity index (χ1v) is 8.73. The first kappa shape index (κ1) is 16.6. The maximum Gasteiger partial charge on any atom is 0.161 e. The lowest BCUT2D eigenvalue weighted by atomic mass is 9.94. The Bertz CT molecular complexity index is 707. The van der Waals surface area contributed by atoms with Crippen molar-refractivity contribution in [3.63, 3.8) is 0 Å². The minimum Gasteiger partial charge on any atom is -0.493 e. The first-order valence-electron chi connectivity index (χ1n) is 8.73. The quantitative estimate of drug-likeness (QED) is 0.732. The van der Waals surface area contributed by atoms with Crippen LogP contribution in [-0.2, 0) is 13.0 Å². The Hall–Kier alpha value is -2.29. The van der Waals surface area contributed by atoms with Crippen molar-refractivity contribution in [3.8, 4) is 11.5 Å². The van der Waals surface area contributed by atoms with Crippen LogP contribution in [0.15, 0.2) is 47.5 Å². The SMILES string of the molecule is CCCCC1=NCCc2cc(OCc3ccccc3)c(OC)cc21. The van der Waals surface area contributed by atoms with Crippen molar-refractivity contribution in [2.24, 2.45) is 4.99 Å². The van der Waals surface area contributed by atoms with Gasteiger partial charge in [-0.25, -0.2) is 0 Å². The van der Waals surface area contributed by atoms with Crippen LogP contribution in [-0.4, -0.2) is 19.4 Å². The predicted octanol–water partition coefficient (Wildman–Crippen LogP) is 4.81. The molecule has 0 fully saturated rings. The van der Waals surface area contributed by atoms with E-state index in [1.807, 2.05) is 18.2 Å². The summed E-state index contributed by atoms with van der Waals surface area (Å²) in [5.74, 6) is 1.60. The molecule has 0 unspecified atom stereocenters. The Morgan fingerprint density at radius 3 is 2.67 bits per heavy atom. The zero-order valence-electron chi connectivity index (χ0n) is 14.5. The van der Waals surface area contributed by atoms with Crippen LogP contribution in [0.25, 0.3) is 0 Å². The van der Waals surface area contributed by atoms with Crippen LogP contribution in [0.3, 0.4) is 0 Å². The zero-order valence-corrected chi connectivity index (χ0v) is 14.5. The molecule has 1 aliphatic rings. The van der Waals surface area contributed by atoms with Gasteiger partial charge in [0.25, 0.3) is 0 Å². The van der Waals surface area contributed by atoms with Gasteiger partial charge in [-0.05, 0) is 42.5 Å². The van der Waals surface area contributed by atoms with Crippen molar-refractivity contribution in [3.05, 3.63) is 59.2 Å². The van der Waals surface area contributed by atoms with Crippen LogP contribution in [0.1, 0.15) is 42.9 Å². The fourth-order valence-corrected chi connectivity index (χ4v) is 3.04. The molecule has 1 heterocycles. The minimum absolute atomic E-state index is 0.548. The van der Waals surface area contributed by atoms with Gasteiger partial charge in [0.2, 0.25) is 0 Å². The maximum atomic E-state index is 6.03. The molecule has 3 rings (SSSR count). The van der Waals surface area contributed by atoms with Crippen LogP contribution < -0.4 is 9.47 Å². The molecule has 24 heavy (non-hydrogen) atoms. The van der Waals surface area contributed by atoms with E-state index in [-0.39, 0.29) is 0 Å². The molecule has 0 atom stereocenters. The highest BCUT2D eigenvalue weighted by Crippen LogP contribution is 2.34. The number of unbranched alkanes of at least 4 members (excludes halogenated alkanes) is 1. The highest BCUT2D eigenvalue weighted by molar-refractivity contribution is 6.03. The van der Waals surface area contributed by atoms with E-state index >= 15 is 0 Å². The van der Waals surface area contributed by atoms with Crippen LogP contribution in [0, 0.1) is 0 Å². The maximum absolute atomic E-state index is 6.03.